The number of carbonyl (C=O) groups is 1. The third kappa shape index (κ3) is 4.67. The largest absolute Gasteiger partial charge is 0.494 e. The molecule has 32 heavy (non-hydrogen) atoms. The summed E-state index contributed by atoms with van der Waals surface area (Å²) in [6.07, 6.45) is 3.46. The summed E-state index contributed by atoms with van der Waals surface area (Å²) in [5, 5.41) is 4.57. The fourth-order valence-electron chi connectivity index (χ4n) is 4.18. The summed E-state index contributed by atoms with van der Waals surface area (Å²) in [5.74, 6) is 0.192. The van der Waals surface area contributed by atoms with Gasteiger partial charge in [-0.2, -0.15) is 5.10 Å². The zero-order chi connectivity index (χ0) is 22.7. The van der Waals surface area contributed by atoms with E-state index in [0.717, 1.165) is 37.2 Å². The molecule has 3 aromatic rings. The summed E-state index contributed by atoms with van der Waals surface area (Å²) in [6.45, 7) is 4.02. The van der Waals surface area contributed by atoms with Crippen LogP contribution in [0.25, 0.3) is 5.69 Å². The van der Waals surface area contributed by atoms with Crippen molar-refractivity contribution < 1.29 is 13.9 Å². The number of piperidine rings is 1. The molecule has 1 aliphatic heterocycles. The maximum absolute atomic E-state index is 14.4. The summed E-state index contributed by atoms with van der Waals surface area (Å²) in [5.41, 5.74) is 2.69. The number of aryl methyl sites for hydroxylation is 1. The van der Waals surface area contributed by atoms with Gasteiger partial charge in [-0.3, -0.25) is 4.79 Å². The highest BCUT2D eigenvalue weighted by molar-refractivity contribution is 5.92. The van der Waals surface area contributed by atoms with Gasteiger partial charge in [0.1, 0.15) is 17.3 Å². The Hall–Kier alpha value is -3.19. The van der Waals surface area contributed by atoms with Gasteiger partial charge in [-0.05, 0) is 69.7 Å². The Balaban J connectivity index is 1.64. The molecule has 1 saturated heterocycles. The Labute approximate surface area is 188 Å². The Morgan fingerprint density at radius 2 is 1.94 bits per heavy atom. The van der Waals surface area contributed by atoms with Gasteiger partial charge < -0.3 is 14.5 Å². The van der Waals surface area contributed by atoms with E-state index in [2.05, 4.69) is 17.0 Å². The number of carbonyl (C=O) groups excluding carboxylic acids is 1. The van der Waals surface area contributed by atoms with Crippen molar-refractivity contribution in [2.24, 2.45) is 0 Å². The van der Waals surface area contributed by atoms with Gasteiger partial charge in [0.25, 0.3) is 5.91 Å². The second kappa shape index (κ2) is 9.53. The summed E-state index contributed by atoms with van der Waals surface area (Å²) < 4.78 is 21.5. The molecular weight excluding hydrogens is 407 g/mol. The predicted octanol–water partition coefficient (Wildman–Crippen LogP) is 4.07. The molecule has 0 atom stereocenters. The fourth-order valence-corrected chi connectivity index (χ4v) is 4.18. The molecule has 0 aliphatic carbocycles. The monoisotopic (exact) mass is 436 g/mol. The zero-order valence-electron chi connectivity index (χ0n) is 18.8. The van der Waals surface area contributed by atoms with Crippen molar-refractivity contribution in [2.75, 3.05) is 27.2 Å². The van der Waals surface area contributed by atoms with E-state index in [1.807, 2.05) is 25.1 Å². The summed E-state index contributed by atoms with van der Waals surface area (Å²) in [6, 6.07) is 14.2. The summed E-state index contributed by atoms with van der Waals surface area (Å²) >= 11 is 0. The van der Waals surface area contributed by atoms with Crippen LogP contribution in [0.5, 0.6) is 5.75 Å². The van der Waals surface area contributed by atoms with Crippen molar-refractivity contribution in [3.63, 3.8) is 0 Å². The lowest BCUT2D eigenvalue weighted by Gasteiger charge is -2.37. The molecule has 6 nitrogen and oxygen atoms in total. The van der Waals surface area contributed by atoms with Crippen LogP contribution in [-0.4, -0.2) is 58.8 Å². The number of ether oxygens (including phenoxy) is 1. The second-order valence-corrected chi connectivity index (χ2v) is 8.38. The number of aromatic nitrogens is 2. The molecule has 0 saturated carbocycles. The molecule has 0 radical (unpaired) electrons. The van der Waals surface area contributed by atoms with E-state index < -0.39 is 0 Å². The highest BCUT2D eigenvalue weighted by atomic mass is 19.1. The van der Waals surface area contributed by atoms with Gasteiger partial charge in [0.15, 0.2) is 5.69 Å². The number of rotatable bonds is 6. The van der Waals surface area contributed by atoms with Crippen LogP contribution >= 0.6 is 0 Å². The van der Waals surface area contributed by atoms with Gasteiger partial charge in [-0.25, -0.2) is 9.07 Å². The van der Waals surface area contributed by atoms with Crippen LogP contribution in [0.3, 0.4) is 0 Å². The van der Waals surface area contributed by atoms with Gasteiger partial charge in [-0.1, -0.05) is 24.3 Å². The molecule has 4 rings (SSSR count). The molecule has 0 spiro atoms. The number of methoxy groups -OCH3 is 1. The fraction of sp³-hybridized carbons (Fsp3) is 0.360. The van der Waals surface area contributed by atoms with Crippen molar-refractivity contribution >= 4 is 5.91 Å². The van der Waals surface area contributed by atoms with Crippen molar-refractivity contribution in [3.05, 3.63) is 77.4 Å². The standard InChI is InChI=1S/C25H29FN4O2/c1-18-8-9-24(32-3)23(16-18)30-15-12-22(27-30)25(31)29(20-10-13-28(2)14-11-20)17-19-6-4-5-7-21(19)26/h4-9,12,15-16,20H,10-11,13-14,17H2,1-3H3. The molecule has 1 aliphatic rings. The van der Waals surface area contributed by atoms with E-state index in [9.17, 15) is 9.18 Å². The van der Waals surface area contributed by atoms with Gasteiger partial charge in [-0.15, -0.1) is 0 Å². The predicted molar refractivity (Wildman–Crippen MR) is 122 cm³/mol. The molecule has 168 valence electrons. The molecule has 0 unspecified atom stereocenters. The molecular formula is C25H29FN4O2. The lowest BCUT2D eigenvalue weighted by Crippen LogP contribution is -2.46. The topological polar surface area (TPSA) is 50.6 Å². The molecule has 1 fully saturated rings. The van der Waals surface area contributed by atoms with Gasteiger partial charge in [0, 0.05) is 24.3 Å². The minimum absolute atomic E-state index is 0.0389. The maximum atomic E-state index is 14.4. The van der Waals surface area contributed by atoms with Crippen LogP contribution in [-0.2, 0) is 6.54 Å². The van der Waals surface area contributed by atoms with E-state index >= 15 is 0 Å². The average Bonchev–Trinajstić information content (AvgIpc) is 3.29. The number of hydrogen-bond acceptors (Lipinski definition) is 4. The molecule has 2 aromatic carbocycles. The summed E-state index contributed by atoms with van der Waals surface area (Å²) in [4.78, 5) is 17.6. The van der Waals surface area contributed by atoms with E-state index in [4.69, 9.17) is 4.74 Å². The van der Waals surface area contributed by atoms with E-state index in [0.29, 0.717) is 17.0 Å². The smallest absolute Gasteiger partial charge is 0.274 e. The quantitative estimate of drug-likeness (QED) is 0.585. The first-order valence-corrected chi connectivity index (χ1v) is 10.9. The third-order valence-corrected chi connectivity index (χ3v) is 6.08. The lowest BCUT2D eigenvalue weighted by molar-refractivity contribution is 0.0560. The van der Waals surface area contributed by atoms with Crippen molar-refractivity contribution in [3.8, 4) is 11.4 Å². The van der Waals surface area contributed by atoms with Crippen LogP contribution in [0, 0.1) is 12.7 Å². The highest BCUT2D eigenvalue weighted by Gasteiger charge is 2.29. The number of halogens is 1. The second-order valence-electron chi connectivity index (χ2n) is 8.38. The number of nitrogens with zero attached hydrogens (tertiary/aromatic N) is 4. The highest BCUT2D eigenvalue weighted by Crippen LogP contribution is 2.25. The van der Waals surface area contributed by atoms with Crippen LogP contribution in [0.15, 0.2) is 54.7 Å². The molecule has 0 bridgehead atoms. The number of likely N-dealkylation sites (tertiary alicyclic amines) is 1. The van der Waals surface area contributed by atoms with E-state index in [1.165, 1.54) is 6.07 Å². The van der Waals surface area contributed by atoms with Crippen molar-refractivity contribution in [2.45, 2.75) is 32.4 Å². The summed E-state index contributed by atoms with van der Waals surface area (Å²) in [7, 11) is 3.69. The Morgan fingerprint density at radius 1 is 1.19 bits per heavy atom. The van der Waals surface area contributed by atoms with E-state index in [1.54, 1.807) is 47.2 Å². The van der Waals surface area contributed by atoms with Gasteiger partial charge in [0.2, 0.25) is 0 Å². The van der Waals surface area contributed by atoms with Crippen LogP contribution in [0.2, 0.25) is 0 Å². The minimum atomic E-state index is -0.298. The van der Waals surface area contributed by atoms with Crippen LogP contribution < -0.4 is 4.74 Å². The Morgan fingerprint density at radius 3 is 2.66 bits per heavy atom. The molecule has 2 heterocycles. The maximum Gasteiger partial charge on any atom is 0.274 e. The number of amides is 1. The first-order valence-electron chi connectivity index (χ1n) is 10.9. The molecule has 1 amide bonds. The van der Waals surface area contributed by atoms with Crippen molar-refractivity contribution in [1.29, 1.82) is 0 Å². The first kappa shape index (κ1) is 22.0. The molecule has 0 N–H and O–H groups in total. The van der Waals surface area contributed by atoms with Gasteiger partial charge >= 0.3 is 0 Å². The Kier molecular flexibility index (Phi) is 6.55. The third-order valence-electron chi connectivity index (χ3n) is 6.08. The first-order chi connectivity index (χ1) is 15.5. The van der Waals surface area contributed by atoms with Crippen LogP contribution in [0.4, 0.5) is 4.39 Å². The Bertz CT molecular complexity index is 1090. The van der Waals surface area contributed by atoms with Gasteiger partial charge in [0.05, 0.1) is 7.11 Å². The average molecular weight is 437 g/mol. The van der Waals surface area contributed by atoms with Crippen molar-refractivity contribution in [1.82, 2.24) is 19.6 Å². The molecule has 1 aromatic heterocycles. The normalized spacial score (nSPS) is 15.0. The lowest BCUT2D eigenvalue weighted by atomic mass is 10.0. The SMILES string of the molecule is COc1ccc(C)cc1-n1ccc(C(=O)N(Cc2ccccc2F)C2CCN(C)CC2)n1. The molecule has 7 heteroatoms. The zero-order valence-corrected chi connectivity index (χ0v) is 18.8. The minimum Gasteiger partial charge on any atom is -0.494 e. The number of hydrogen-bond donors (Lipinski definition) is 0. The number of benzene rings is 2. The van der Waals surface area contributed by atoms with Crippen LogP contribution in [0.1, 0.15) is 34.5 Å². The van der Waals surface area contributed by atoms with E-state index in [-0.39, 0.29) is 24.3 Å².